The van der Waals surface area contributed by atoms with E-state index in [9.17, 15) is 4.79 Å². The minimum atomic E-state index is -1.30. The third-order valence-electron chi connectivity index (χ3n) is 4.13. The maximum atomic E-state index is 12.1. The fourth-order valence-corrected chi connectivity index (χ4v) is 2.85. The van der Waals surface area contributed by atoms with Crippen LogP contribution in [-0.2, 0) is 14.3 Å². The van der Waals surface area contributed by atoms with Gasteiger partial charge >= 0.3 is 5.97 Å². The van der Waals surface area contributed by atoms with Gasteiger partial charge in [-0.1, -0.05) is 41.6 Å². The fraction of sp³-hybridized carbons (Fsp3) is 0.263. The molecule has 1 aliphatic heterocycles. The summed E-state index contributed by atoms with van der Waals surface area (Å²) in [5.41, 5.74) is 1.59. The van der Waals surface area contributed by atoms with Crippen LogP contribution >= 0.6 is 0 Å². The molecule has 0 fully saturated rings. The Morgan fingerprint density at radius 2 is 1.76 bits per heavy atom. The molecule has 0 radical (unpaired) electrons. The van der Waals surface area contributed by atoms with Gasteiger partial charge in [0.25, 0.3) is 5.79 Å². The van der Waals surface area contributed by atoms with E-state index in [0.29, 0.717) is 17.0 Å². The van der Waals surface area contributed by atoms with Crippen LogP contribution in [0.1, 0.15) is 28.9 Å². The van der Waals surface area contributed by atoms with Gasteiger partial charge in [0.2, 0.25) is 0 Å². The average Bonchev–Trinajstić information content (AvgIpc) is 3.01. The lowest BCUT2D eigenvalue weighted by Gasteiger charge is -2.31. The van der Waals surface area contributed by atoms with Crippen molar-refractivity contribution in [2.45, 2.75) is 18.8 Å². The predicted molar refractivity (Wildman–Crippen MR) is 91.5 cm³/mol. The van der Waals surface area contributed by atoms with E-state index < -0.39 is 17.9 Å². The fourth-order valence-electron chi connectivity index (χ4n) is 2.85. The number of carbonyl (C=O) groups excluding carboxylic acids is 1. The van der Waals surface area contributed by atoms with Crippen molar-refractivity contribution in [2.75, 3.05) is 14.2 Å². The predicted octanol–water partition coefficient (Wildman–Crippen LogP) is 3.34. The van der Waals surface area contributed by atoms with E-state index in [1.165, 1.54) is 7.11 Å². The lowest BCUT2D eigenvalue weighted by Crippen LogP contribution is -2.47. The molecule has 0 unspecified atom stereocenters. The molecule has 0 N–H and O–H groups in total. The topological polar surface area (TPSA) is 66.3 Å². The second-order valence-electron chi connectivity index (χ2n) is 5.55. The quantitative estimate of drug-likeness (QED) is 0.474. The van der Waals surface area contributed by atoms with Crippen molar-refractivity contribution in [1.82, 2.24) is 0 Å². The van der Waals surface area contributed by atoms with Crippen molar-refractivity contribution in [3.63, 3.8) is 0 Å². The molecule has 25 heavy (non-hydrogen) atoms. The van der Waals surface area contributed by atoms with Gasteiger partial charge in [-0.05, 0) is 25.1 Å². The van der Waals surface area contributed by atoms with Crippen molar-refractivity contribution < 1.29 is 23.8 Å². The van der Waals surface area contributed by atoms with Crippen molar-refractivity contribution in [2.24, 2.45) is 5.16 Å². The monoisotopic (exact) mass is 341 g/mol. The van der Waals surface area contributed by atoms with E-state index in [1.807, 2.05) is 30.3 Å². The molecule has 2 atom stereocenters. The number of nitrogens with zero attached hydrogens (tertiary/aromatic N) is 1. The number of rotatable bonds is 5. The van der Waals surface area contributed by atoms with Crippen LogP contribution < -0.4 is 4.74 Å². The third kappa shape index (κ3) is 3.01. The van der Waals surface area contributed by atoms with Crippen LogP contribution in [0.5, 0.6) is 5.75 Å². The molecule has 1 aliphatic rings. The zero-order chi connectivity index (χ0) is 17.9. The number of hydrogen-bond donors (Lipinski definition) is 0. The molecule has 1 heterocycles. The summed E-state index contributed by atoms with van der Waals surface area (Å²) >= 11 is 0. The Labute approximate surface area is 146 Å². The van der Waals surface area contributed by atoms with Gasteiger partial charge in [0.05, 0.1) is 5.56 Å². The molecule has 0 aliphatic carbocycles. The summed E-state index contributed by atoms with van der Waals surface area (Å²) < 4.78 is 17.2. The Morgan fingerprint density at radius 3 is 2.44 bits per heavy atom. The van der Waals surface area contributed by atoms with Crippen LogP contribution in [0.3, 0.4) is 0 Å². The van der Waals surface area contributed by atoms with Gasteiger partial charge in [-0.2, -0.15) is 0 Å². The molecule has 130 valence electrons. The van der Waals surface area contributed by atoms with Crippen LogP contribution in [0.4, 0.5) is 0 Å². The number of fused-ring (bicyclic) bond motifs is 1. The first kappa shape index (κ1) is 17.1. The molecule has 0 saturated carbocycles. The minimum Gasteiger partial charge on any atom is -0.453 e. The summed E-state index contributed by atoms with van der Waals surface area (Å²) in [6.07, 6.45) is -0.534. The minimum absolute atomic E-state index is 0.335. The molecule has 2 aromatic rings. The van der Waals surface area contributed by atoms with Crippen LogP contribution in [0.2, 0.25) is 0 Å². The molecule has 3 rings (SSSR count). The van der Waals surface area contributed by atoms with Gasteiger partial charge in [-0.3, -0.25) is 0 Å². The highest BCUT2D eigenvalue weighted by molar-refractivity contribution is 5.93. The Hall–Kier alpha value is -2.70. The summed E-state index contributed by atoms with van der Waals surface area (Å²) in [6, 6.07) is 16.1. The molecule has 0 aromatic heterocycles. The van der Waals surface area contributed by atoms with Gasteiger partial charge in [-0.15, -0.1) is 0 Å². The van der Waals surface area contributed by atoms with Gasteiger partial charge in [-0.25, -0.2) is 4.79 Å². The van der Waals surface area contributed by atoms with Crippen molar-refractivity contribution in [3.05, 3.63) is 65.7 Å². The second kappa shape index (κ2) is 7.04. The van der Waals surface area contributed by atoms with Gasteiger partial charge in [0.15, 0.2) is 6.10 Å². The van der Waals surface area contributed by atoms with E-state index in [0.717, 1.165) is 5.56 Å². The maximum absolute atomic E-state index is 12.1. The van der Waals surface area contributed by atoms with Crippen LogP contribution in [0.15, 0.2) is 59.8 Å². The van der Waals surface area contributed by atoms with Gasteiger partial charge in [0, 0.05) is 19.8 Å². The maximum Gasteiger partial charge on any atom is 0.365 e. The van der Waals surface area contributed by atoms with E-state index in [1.54, 1.807) is 38.3 Å². The summed E-state index contributed by atoms with van der Waals surface area (Å²) in [7, 11) is 3.06. The molecule has 0 bridgehead atoms. The third-order valence-corrected chi connectivity index (χ3v) is 4.13. The molecule has 6 heteroatoms. The van der Waals surface area contributed by atoms with Gasteiger partial charge < -0.3 is 19.0 Å². The Morgan fingerprint density at radius 1 is 1.08 bits per heavy atom. The van der Waals surface area contributed by atoms with E-state index >= 15 is 0 Å². The first-order valence-electron chi connectivity index (χ1n) is 7.79. The lowest BCUT2D eigenvalue weighted by atomic mass is 10.0. The number of methoxy groups -OCH3 is 2. The first-order valence-corrected chi connectivity index (χ1v) is 7.79. The zero-order valence-electron chi connectivity index (χ0n) is 14.3. The van der Waals surface area contributed by atoms with Crippen LogP contribution in [0, 0.1) is 0 Å². The van der Waals surface area contributed by atoms with E-state index in [4.69, 9.17) is 19.0 Å². The number of oxime groups is 1. The number of carbonyl (C=O) groups is 1. The summed E-state index contributed by atoms with van der Waals surface area (Å²) in [4.78, 5) is 17.1. The van der Waals surface area contributed by atoms with Crippen LogP contribution in [-0.4, -0.2) is 31.7 Å². The molecule has 6 nitrogen and oxygen atoms in total. The highest BCUT2D eigenvalue weighted by atomic mass is 16.7. The molecule has 0 spiro atoms. The number of ether oxygens (including phenoxy) is 3. The summed E-state index contributed by atoms with van der Waals surface area (Å²) in [5, 5.41) is 3.94. The Bertz CT molecular complexity index is 789. The number of benzene rings is 2. The molecule has 0 saturated heterocycles. The Kier molecular flexibility index (Phi) is 4.83. The first-order chi connectivity index (χ1) is 12.1. The van der Waals surface area contributed by atoms with Crippen molar-refractivity contribution in [3.8, 4) is 5.75 Å². The number of hydrogen-bond acceptors (Lipinski definition) is 6. The molecular formula is C19H19NO5. The summed E-state index contributed by atoms with van der Waals surface area (Å²) in [5.74, 6) is -1.22. The van der Waals surface area contributed by atoms with Crippen molar-refractivity contribution in [1.29, 1.82) is 0 Å². The molecular weight excluding hydrogens is 322 g/mol. The number of para-hydroxylation sites is 1. The average molecular weight is 341 g/mol. The van der Waals surface area contributed by atoms with E-state index in [2.05, 4.69) is 5.16 Å². The standard InChI is InChI=1S/C19H19NO5/c1-13(20-25-18(21)14-9-5-4-6-10-14)19(23-3)17(22-2)15-11-7-8-12-16(15)24-19/h4-12,17H,1-3H3/t17-,19-/m0/s1. The van der Waals surface area contributed by atoms with Gasteiger partial charge in [0.1, 0.15) is 11.5 Å². The van der Waals surface area contributed by atoms with Crippen LogP contribution in [0.25, 0.3) is 0 Å². The van der Waals surface area contributed by atoms with Crippen molar-refractivity contribution >= 4 is 11.7 Å². The largest absolute Gasteiger partial charge is 0.453 e. The molecule has 0 amide bonds. The smallest absolute Gasteiger partial charge is 0.365 e. The second-order valence-corrected chi connectivity index (χ2v) is 5.55. The lowest BCUT2D eigenvalue weighted by molar-refractivity contribution is -0.169. The highest BCUT2D eigenvalue weighted by Crippen LogP contribution is 2.46. The normalized spacial score (nSPS) is 22.2. The Balaban J connectivity index is 1.86. The van der Waals surface area contributed by atoms with E-state index in [-0.39, 0.29) is 0 Å². The molecule has 2 aromatic carbocycles. The highest BCUT2D eigenvalue weighted by Gasteiger charge is 2.53. The SMILES string of the molecule is CO[C@H]1c2ccccc2O[C@@]1(OC)C(C)=NOC(=O)c1ccccc1. The zero-order valence-corrected chi connectivity index (χ0v) is 14.3. The summed E-state index contributed by atoms with van der Waals surface area (Å²) in [6.45, 7) is 1.67.